The van der Waals surface area contributed by atoms with Crippen LogP contribution in [0.15, 0.2) is 24.3 Å². The number of hydrogen-bond acceptors (Lipinski definition) is 4. The Morgan fingerprint density at radius 3 is 2.85 bits per heavy atom. The molecule has 1 aliphatic rings. The van der Waals surface area contributed by atoms with Crippen LogP contribution in [0.5, 0.6) is 0 Å². The van der Waals surface area contributed by atoms with Gasteiger partial charge in [0.2, 0.25) is 5.91 Å². The van der Waals surface area contributed by atoms with Gasteiger partial charge in [0.25, 0.3) is 0 Å². The molecular formula is C15H22N2O3. The molecule has 0 saturated carbocycles. The summed E-state index contributed by atoms with van der Waals surface area (Å²) in [6, 6.07) is 7.86. The van der Waals surface area contributed by atoms with Crippen molar-refractivity contribution in [1.82, 2.24) is 5.43 Å². The highest BCUT2D eigenvalue weighted by atomic mass is 16.5. The lowest BCUT2D eigenvalue weighted by atomic mass is 9.99. The van der Waals surface area contributed by atoms with Crippen molar-refractivity contribution in [1.29, 1.82) is 0 Å². The van der Waals surface area contributed by atoms with Crippen LogP contribution in [-0.2, 0) is 20.9 Å². The fourth-order valence-corrected chi connectivity index (χ4v) is 2.24. The second-order valence-corrected chi connectivity index (χ2v) is 5.22. The Bertz CT molecular complexity index is 427. The van der Waals surface area contributed by atoms with Crippen LogP contribution in [-0.4, -0.2) is 25.7 Å². The summed E-state index contributed by atoms with van der Waals surface area (Å²) in [7, 11) is 0. The molecule has 1 amide bonds. The Labute approximate surface area is 119 Å². The minimum absolute atomic E-state index is 0.185. The van der Waals surface area contributed by atoms with Gasteiger partial charge < -0.3 is 9.47 Å². The van der Waals surface area contributed by atoms with Crippen LogP contribution in [0.3, 0.4) is 0 Å². The van der Waals surface area contributed by atoms with E-state index in [1.165, 1.54) is 0 Å². The van der Waals surface area contributed by atoms with Gasteiger partial charge in [0.1, 0.15) is 0 Å². The monoisotopic (exact) mass is 278 g/mol. The number of benzene rings is 1. The zero-order valence-electron chi connectivity index (χ0n) is 11.8. The van der Waals surface area contributed by atoms with Gasteiger partial charge in [0.15, 0.2) is 0 Å². The van der Waals surface area contributed by atoms with E-state index in [-0.39, 0.29) is 11.8 Å². The molecule has 5 nitrogen and oxygen atoms in total. The van der Waals surface area contributed by atoms with Crippen molar-refractivity contribution in [3.63, 3.8) is 0 Å². The van der Waals surface area contributed by atoms with Crippen LogP contribution in [0, 0.1) is 5.92 Å². The van der Waals surface area contributed by atoms with Crippen LogP contribution in [0.4, 0.5) is 0 Å². The quantitative estimate of drug-likeness (QED) is 0.468. The number of nitrogens with two attached hydrogens (primary N) is 1. The molecule has 2 rings (SSSR count). The second-order valence-electron chi connectivity index (χ2n) is 5.22. The molecular weight excluding hydrogens is 256 g/mol. The molecule has 1 aliphatic heterocycles. The van der Waals surface area contributed by atoms with E-state index in [1.54, 1.807) is 0 Å². The minimum Gasteiger partial charge on any atom is -0.381 e. The summed E-state index contributed by atoms with van der Waals surface area (Å²) in [5.41, 5.74) is 4.22. The first-order valence-corrected chi connectivity index (χ1v) is 6.95. The summed E-state index contributed by atoms with van der Waals surface area (Å²) in [6.45, 7) is 4.82. The number of carbonyl (C=O) groups is 1. The van der Waals surface area contributed by atoms with Gasteiger partial charge >= 0.3 is 0 Å². The molecule has 0 radical (unpaired) electrons. The highest BCUT2D eigenvalue weighted by Crippen LogP contribution is 2.17. The second kappa shape index (κ2) is 7.38. The third kappa shape index (κ3) is 4.03. The van der Waals surface area contributed by atoms with Gasteiger partial charge in [-0.25, -0.2) is 5.84 Å². The summed E-state index contributed by atoms with van der Waals surface area (Å²) in [5, 5.41) is 0. The fraction of sp³-hybridized carbons (Fsp3) is 0.533. The topological polar surface area (TPSA) is 73.6 Å². The molecule has 110 valence electrons. The first-order valence-electron chi connectivity index (χ1n) is 6.95. The third-order valence-electron chi connectivity index (χ3n) is 3.66. The van der Waals surface area contributed by atoms with Gasteiger partial charge in [0.05, 0.1) is 25.7 Å². The molecule has 3 N–H and O–H groups in total. The van der Waals surface area contributed by atoms with E-state index in [0.29, 0.717) is 12.5 Å². The predicted molar refractivity (Wildman–Crippen MR) is 75.8 cm³/mol. The maximum Gasteiger partial charge on any atom is 0.241 e. The largest absolute Gasteiger partial charge is 0.381 e. The van der Waals surface area contributed by atoms with Crippen molar-refractivity contribution in [2.24, 2.45) is 11.8 Å². The van der Waals surface area contributed by atoms with E-state index >= 15 is 0 Å². The average Bonchev–Trinajstić information content (AvgIpc) is 2.99. The number of rotatable bonds is 6. The van der Waals surface area contributed by atoms with Crippen LogP contribution < -0.4 is 11.3 Å². The number of carbonyl (C=O) groups excluding carboxylic acids is 1. The highest BCUT2D eigenvalue weighted by molar-refractivity contribution is 5.82. The smallest absolute Gasteiger partial charge is 0.241 e. The van der Waals surface area contributed by atoms with Gasteiger partial charge in [-0.1, -0.05) is 24.3 Å². The van der Waals surface area contributed by atoms with Gasteiger partial charge in [-0.3, -0.25) is 10.2 Å². The summed E-state index contributed by atoms with van der Waals surface area (Å²) in [6.07, 6.45) is 1.09. The molecule has 1 heterocycles. The van der Waals surface area contributed by atoms with Crippen molar-refractivity contribution < 1.29 is 14.3 Å². The molecule has 2 unspecified atom stereocenters. The van der Waals surface area contributed by atoms with Gasteiger partial charge in [-0.2, -0.15) is 0 Å². The predicted octanol–water partition coefficient (Wildman–Crippen LogP) is 1.33. The summed E-state index contributed by atoms with van der Waals surface area (Å²) >= 11 is 0. The summed E-state index contributed by atoms with van der Waals surface area (Å²) in [4.78, 5) is 11.4. The number of ether oxygens (including phenoxy) is 2. The van der Waals surface area contributed by atoms with Crippen molar-refractivity contribution in [2.45, 2.75) is 25.9 Å². The Balaban J connectivity index is 1.80. The van der Waals surface area contributed by atoms with E-state index in [2.05, 4.69) is 5.43 Å². The maximum absolute atomic E-state index is 11.4. The summed E-state index contributed by atoms with van der Waals surface area (Å²) < 4.78 is 11.0. The first-order chi connectivity index (χ1) is 9.70. The molecule has 0 bridgehead atoms. The highest BCUT2D eigenvalue weighted by Gasteiger charge is 2.16. The van der Waals surface area contributed by atoms with Crippen molar-refractivity contribution in [3.8, 4) is 0 Å². The van der Waals surface area contributed by atoms with E-state index in [0.717, 1.165) is 37.4 Å². The molecule has 1 saturated heterocycles. The van der Waals surface area contributed by atoms with E-state index in [9.17, 15) is 4.79 Å². The number of hydrazine groups is 1. The van der Waals surface area contributed by atoms with Gasteiger partial charge in [-0.05, 0) is 24.5 Å². The van der Waals surface area contributed by atoms with Gasteiger partial charge in [0, 0.05) is 12.5 Å². The van der Waals surface area contributed by atoms with Crippen LogP contribution in [0.25, 0.3) is 0 Å². The Kier molecular flexibility index (Phi) is 5.52. The molecule has 20 heavy (non-hydrogen) atoms. The number of amides is 1. The van der Waals surface area contributed by atoms with Crippen LogP contribution >= 0.6 is 0 Å². The Hall–Kier alpha value is -1.43. The third-order valence-corrected chi connectivity index (χ3v) is 3.66. The lowest BCUT2D eigenvalue weighted by Crippen LogP contribution is -2.33. The van der Waals surface area contributed by atoms with Crippen LogP contribution in [0.2, 0.25) is 0 Å². The van der Waals surface area contributed by atoms with Crippen LogP contribution in [0.1, 0.15) is 30.4 Å². The fourth-order valence-electron chi connectivity index (χ4n) is 2.24. The minimum atomic E-state index is -0.245. The molecule has 5 heteroatoms. The molecule has 0 aromatic heterocycles. The van der Waals surface area contributed by atoms with E-state index < -0.39 is 0 Å². The molecule has 2 atom stereocenters. The maximum atomic E-state index is 11.4. The summed E-state index contributed by atoms with van der Waals surface area (Å²) in [5.74, 6) is 5.24. The zero-order chi connectivity index (χ0) is 14.4. The Morgan fingerprint density at radius 1 is 1.50 bits per heavy atom. The SMILES string of the molecule is CC(C(=O)NN)c1ccc(COCC2CCOC2)cc1. The normalized spacial score (nSPS) is 19.8. The van der Waals surface area contributed by atoms with E-state index in [1.807, 2.05) is 31.2 Å². The first kappa shape index (κ1) is 15.0. The van der Waals surface area contributed by atoms with Crippen molar-refractivity contribution >= 4 is 5.91 Å². The number of nitrogens with one attached hydrogen (secondary N) is 1. The molecule has 1 fully saturated rings. The van der Waals surface area contributed by atoms with Crippen molar-refractivity contribution in [2.75, 3.05) is 19.8 Å². The Morgan fingerprint density at radius 2 is 2.25 bits per heavy atom. The standard InChI is InChI=1S/C15H22N2O3/c1-11(15(18)17-16)14-4-2-12(3-5-14)8-20-10-13-6-7-19-9-13/h2-5,11,13H,6-10,16H2,1H3,(H,17,18). The van der Waals surface area contributed by atoms with E-state index in [4.69, 9.17) is 15.3 Å². The molecule has 0 aliphatic carbocycles. The molecule has 1 aromatic rings. The average molecular weight is 278 g/mol. The molecule has 0 spiro atoms. The zero-order valence-corrected chi connectivity index (χ0v) is 11.8. The van der Waals surface area contributed by atoms with Crippen molar-refractivity contribution in [3.05, 3.63) is 35.4 Å². The lowest BCUT2D eigenvalue weighted by Gasteiger charge is -2.12. The van der Waals surface area contributed by atoms with Gasteiger partial charge in [-0.15, -0.1) is 0 Å². The molecule has 1 aromatic carbocycles. The number of hydrogen-bond donors (Lipinski definition) is 2. The lowest BCUT2D eigenvalue weighted by molar-refractivity contribution is -0.122.